The van der Waals surface area contributed by atoms with Crippen LogP contribution in [0.15, 0.2) is 36.4 Å². The molecule has 16 heavy (non-hydrogen) atoms. The Hall–Kier alpha value is -2.30. The first-order valence-corrected chi connectivity index (χ1v) is 4.85. The molecule has 0 aliphatic heterocycles. The summed E-state index contributed by atoms with van der Waals surface area (Å²) in [5.74, 6) is 1.01. The van der Waals surface area contributed by atoms with Gasteiger partial charge in [0.1, 0.15) is 0 Å². The first-order valence-electron chi connectivity index (χ1n) is 4.85. The molecule has 0 bridgehead atoms. The van der Waals surface area contributed by atoms with Gasteiger partial charge in [-0.2, -0.15) is 0 Å². The van der Waals surface area contributed by atoms with Gasteiger partial charge in [0.05, 0.1) is 6.07 Å². The Bertz CT molecular complexity index is 476. The monoisotopic (exact) mass is 216 g/mol. The second-order valence-corrected chi connectivity index (χ2v) is 3.40. The van der Waals surface area contributed by atoms with Crippen LogP contribution in [0.5, 0.6) is 0 Å². The van der Waals surface area contributed by atoms with Crippen molar-refractivity contribution in [2.24, 2.45) is 0 Å². The normalized spacial score (nSPS) is 10.1. The molecular weight excluding hydrogens is 204 g/mol. The molecule has 0 aliphatic carbocycles. The van der Waals surface area contributed by atoms with Crippen LogP contribution in [0.4, 0.5) is 17.3 Å². The Kier molecular flexibility index (Phi) is 2.59. The van der Waals surface area contributed by atoms with Gasteiger partial charge < -0.3 is 16.3 Å². The Morgan fingerprint density at radius 3 is 2.62 bits per heavy atom. The number of anilines is 3. The van der Waals surface area contributed by atoms with Gasteiger partial charge in [0, 0.05) is 12.6 Å². The maximum Gasteiger partial charge on any atom is 0.238 e. The third-order valence-electron chi connectivity index (χ3n) is 2.14. The highest BCUT2D eigenvalue weighted by Crippen LogP contribution is 2.14. The van der Waals surface area contributed by atoms with Crippen LogP contribution in [0.3, 0.4) is 0 Å². The fourth-order valence-corrected chi connectivity index (χ4v) is 1.37. The number of aryl methyl sites for hydroxylation is 1. The van der Waals surface area contributed by atoms with Crippen molar-refractivity contribution in [2.45, 2.75) is 6.92 Å². The summed E-state index contributed by atoms with van der Waals surface area (Å²) in [6.07, 6.45) is 0. The van der Waals surface area contributed by atoms with E-state index in [0.29, 0.717) is 16.4 Å². The van der Waals surface area contributed by atoms with Crippen LogP contribution in [-0.4, -0.2) is 4.98 Å². The summed E-state index contributed by atoms with van der Waals surface area (Å²) >= 11 is 0. The molecule has 0 unspecified atom stereocenters. The Morgan fingerprint density at radius 1 is 1.31 bits per heavy atom. The van der Waals surface area contributed by atoms with Crippen molar-refractivity contribution in [1.82, 2.24) is 4.98 Å². The van der Waals surface area contributed by atoms with Gasteiger partial charge in [-0.15, -0.1) is 0 Å². The number of hydrogen-bond acceptors (Lipinski definition) is 4. The Labute approximate surface area is 93.1 Å². The third-order valence-corrected chi connectivity index (χ3v) is 2.14. The fourth-order valence-electron chi connectivity index (χ4n) is 1.37. The lowest BCUT2D eigenvalue weighted by Crippen LogP contribution is -2.35. The van der Waals surface area contributed by atoms with Gasteiger partial charge in [-0.1, -0.05) is 23.2 Å². The van der Waals surface area contributed by atoms with Crippen LogP contribution >= 0.6 is 0 Å². The van der Waals surface area contributed by atoms with E-state index in [-0.39, 0.29) is 5.82 Å². The molecule has 82 valence electrons. The van der Waals surface area contributed by atoms with E-state index in [1.54, 1.807) is 6.92 Å². The molecule has 5 heteroatoms. The van der Waals surface area contributed by atoms with Crippen molar-refractivity contribution in [2.75, 3.05) is 11.1 Å². The van der Waals surface area contributed by atoms with Crippen LogP contribution in [-0.2, 0) is 0 Å². The molecule has 1 heterocycles. The maximum absolute atomic E-state index is 11.3. The van der Waals surface area contributed by atoms with Crippen LogP contribution < -0.4 is 15.8 Å². The number of hydrogen-bond donors (Lipinski definition) is 2. The first-order chi connectivity index (χ1) is 7.66. The van der Waals surface area contributed by atoms with Gasteiger partial charge in [-0.3, -0.25) is 0 Å². The van der Waals surface area contributed by atoms with E-state index in [1.165, 1.54) is 6.07 Å². The molecule has 0 spiro atoms. The molecule has 0 radical (unpaired) electrons. The minimum Gasteiger partial charge on any atom is -0.740 e. The highest BCUT2D eigenvalue weighted by Gasteiger charge is 2.07. The Balaban J connectivity index is 2.29. The smallest absolute Gasteiger partial charge is 0.238 e. The molecule has 0 amide bonds. The zero-order valence-electron chi connectivity index (χ0n) is 8.84. The minimum absolute atomic E-state index is 0.130. The topological polar surface area (TPSA) is 77.9 Å². The van der Waals surface area contributed by atoms with E-state index in [1.807, 2.05) is 30.3 Å². The zero-order chi connectivity index (χ0) is 11.5. The van der Waals surface area contributed by atoms with Gasteiger partial charge >= 0.3 is 0 Å². The molecule has 0 atom stereocenters. The summed E-state index contributed by atoms with van der Waals surface area (Å²) in [6.45, 7) is 1.61. The van der Waals surface area contributed by atoms with E-state index in [9.17, 15) is 5.21 Å². The third kappa shape index (κ3) is 2.03. The summed E-state index contributed by atoms with van der Waals surface area (Å²) in [5.41, 5.74) is 6.45. The lowest BCUT2D eigenvalue weighted by Gasteiger charge is -2.10. The average Bonchev–Trinajstić information content (AvgIpc) is 2.27. The zero-order valence-corrected chi connectivity index (χ0v) is 8.84. The highest BCUT2D eigenvalue weighted by atomic mass is 16.5. The standard InChI is InChI=1S/C11H12N4O/c1-8-13-11(7-10(12)15(8)16)14-9-5-3-2-4-6-9/h2-7H,12H2,1H3,(H,13,14). The summed E-state index contributed by atoms with van der Waals surface area (Å²) in [7, 11) is 0. The van der Waals surface area contributed by atoms with Gasteiger partial charge in [0.2, 0.25) is 17.5 Å². The molecule has 3 N–H and O–H groups in total. The first kappa shape index (κ1) is 10.2. The molecule has 0 saturated heterocycles. The lowest BCUT2D eigenvalue weighted by atomic mass is 10.3. The van der Waals surface area contributed by atoms with Gasteiger partial charge in [-0.25, -0.2) is 4.73 Å². The van der Waals surface area contributed by atoms with E-state index < -0.39 is 0 Å². The van der Waals surface area contributed by atoms with Crippen LogP contribution in [0.2, 0.25) is 0 Å². The van der Waals surface area contributed by atoms with Crippen molar-refractivity contribution in [3.8, 4) is 0 Å². The van der Waals surface area contributed by atoms with Gasteiger partial charge in [-0.05, 0) is 12.1 Å². The summed E-state index contributed by atoms with van der Waals surface area (Å²) in [5, 5.41) is 14.3. The SMILES string of the molecule is Cc1nc(Nc2ccccc2)cc(N)[n+]1[O-]. The molecule has 0 fully saturated rings. The second kappa shape index (κ2) is 4.06. The largest absolute Gasteiger partial charge is 0.740 e. The van der Waals surface area contributed by atoms with Crippen LogP contribution in [0.1, 0.15) is 5.82 Å². The maximum atomic E-state index is 11.3. The van der Waals surface area contributed by atoms with E-state index in [2.05, 4.69) is 10.3 Å². The van der Waals surface area contributed by atoms with Crippen molar-refractivity contribution in [1.29, 1.82) is 0 Å². The highest BCUT2D eigenvalue weighted by molar-refractivity contribution is 5.57. The average molecular weight is 216 g/mol. The number of nitrogens with zero attached hydrogens (tertiary/aromatic N) is 2. The van der Waals surface area contributed by atoms with Crippen LogP contribution in [0, 0.1) is 12.1 Å². The molecular formula is C11H12N4O. The number of nitrogens with one attached hydrogen (secondary N) is 1. The van der Waals surface area contributed by atoms with Crippen molar-refractivity contribution in [3.63, 3.8) is 0 Å². The summed E-state index contributed by atoms with van der Waals surface area (Å²) < 4.78 is 0.593. The predicted octanol–water partition coefficient (Wildman–Crippen LogP) is 1.35. The summed E-state index contributed by atoms with van der Waals surface area (Å²) in [4.78, 5) is 4.09. The van der Waals surface area contributed by atoms with Crippen molar-refractivity contribution < 1.29 is 4.73 Å². The fraction of sp³-hybridized carbons (Fsp3) is 0.0909. The number of rotatable bonds is 2. The Morgan fingerprint density at radius 2 is 2.00 bits per heavy atom. The molecule has 5 nitrogen and oxygen atoms in total. The number of benzene rings is 1. The molecule has 0 saturated carbocycles. The second-order valence-electron chi connectivity index (χ2n) is 3.40. The number of nitrogens with two attached hydrogens (primary N) is 1. The molecule has 2 aromatic rings. The molecule has 2 rings (SSSR count). The predicted molar refractivity (Wildman–Crippen MR) is 62.1 cm³/mol. The van der Waals surface area contributed by atoms with Gasteiger partial charge in [0.15, 0.2) is 0 Å². The quantitative estimate of drug-likeness (QED) is 0.586. The van der Waals surface area contributed by atoms with Crippen molar-refractivity contribution in [3.05, 3.63) is 47.4 Å². The van der Waals surface area contributed by atoms with Crippen molar-refractivity contribution >= 4 is 17.3 Å². The van der Waals surface area contributed by atoms with Gasteiger partial charge in [0.25, 0.3) is 0 Å². The number of nitrogen functional groups attached to an aromatic ring is 1. The molecule has 1 aromatic carbocycles. The van der Waals surface area contributed by atoms with E-state index >= 15 is 0 Å². The van der Waals surface area contributed by atoms with E-state index in [4.69, 9.17) is 5.73 Å². The van der Waals surface area contributed by atoms with Crippen LogP contribution in [0.25, 0.3) is 0 Å². The van der Waals surface area contributed by atoms with E-state index in [0.717, 1.165) is 5.69 Å². The molecule has 0 aliphatic rings. The number of aromatic nitrogens is 2. The lowest BCUT2D eigenvalue weighted by molar-refractivity contribution is -0.600. The number of para-hydroxylation sites is 1. The molecule has 1 aromatic heterocycles. The summed E-state index contributed by atoms with van der Waals surface area (Å²) in [6, 6.07) is 11.1. The minimum atomic E-state index is 0.130.